The van der Waals surface area contributed by atoms with E-state index in [-0.39, 0.29) is 35.3 Å². The third-order valence-corrected chi connectivity index (χ3v) is 3.70. The number of halogens is 3. The molecule has 13 heteroatoms. The molecule has 2 heterocycles. The van der Waals surface area contributed by atoms with Crippen LogP contribution >= 0.6 is 0 Å². The molecule has 31 heavy (non-hydrogen) atoms. The minimum absolute atomic E-state index is 0.0510. The molecule has 1 N–H and O–H groups in total. The summed E-state index contributed by atoms with van der Waals surface area (Å²) < 4.78 is 52.5. The number of furan rings is 1. The van der Waals surface area contributed by atoms with Crippen molar-refractivity contribution < 1.29 is 36.8 Å². The van der Waals surface area contributed by atoms with Gasteiger partial charge in [-0.25, -0.2) is 4.68 Å². The average Bonchev–Trinajstić information content (AvgIpc) is 3.35. The van der Waals surface area contributed by atoms with Gasteiger partial charge in [0.1, 0.15) is 25.7 Å². The van der Waals surface area contributed by atoms with Gasteiger partial charge < -0.3 is 19.2 Å². The molecule has 164 valence electrons. The van der Waals surface area contributed by atoms with Crippen molar-refractivity contribution in [3.05, 3.63) is 70.4 Å². The van der Waals surface area contributed by atoms with Gasteiger partial charge in [0.05, 0.1) is 23.0 Å². The second-order valence-electron chi connectivity index (χ2n) is 6.09. The molecule has 0 saturated carbocycles. The molecule has 0 aliphatic heterocycles. The smallest absolute Gasteiger partial charge is 0.411 e. The summed E-state index contributed by atoms with van der Waals surface area (Å²) >= 11 is 0. The van der Waals surface area contributed by atoms with E-state index in [0.717, 1.165) is 4.68 Å². The highest BCUT2D eigenvalue weighted by atomic mass is 19.4. The summed E-state index contributed by atoms with van der Waals surface area (Å²) in [5, 5.41) is 17.2. The summed E-state index contributed by atoms with van der Waals surface area (Å²) in [6.07, 6.45) is -1.93. The molecule has 2 aromatic heterocycles. The monoisotopic (exact) mass is 440 g/mol. The van der Waals surface area contributed by atoms with Crippen molar-refractivity contribution in [3.63, 3.8) is 0 Å². The summed E-state index contributed by atoms with van der Waals surface area (Å²) in [6, 6.07) is 8.67. The van der Waals surface area contributed by atoms with Crippen molar-refractivity contribution in [1.82, 2.24) is 9.78 Å². The number of anilines is 1. The van der Waals surface area contributed by atoms with Gasteiger partial charge in [-0.2, -0.15) is 18.3 Å². The van der Waals surface area contributed by atoms with E-state index in [1.54, 1.807) is 6.07 Å². The largest absolute Gasteiger partial charge is 0.479 e. The lowest BCUT2D eigenvalue weighted by Gasteiger charge is -2.07. The standard InChI is InChI=1S/C18H15F3N4O6/c19-18(20,21)10-29-11-24-8-12(7-22-24)23-17(26)16-6-5-13(31-16)9-30-15-4-2-1-3-14(15)25(27)28/h1-8H,9-11H2,(H,23,26). The van der Waals surface area contributed by atoms with Crippen molar-refractivity contribution in [2.75, 3.05) is 11.9 Å². The second kappa shape index (κ2) is 9.30. The first kappa shape index (κ1) is 21.8. The number of hydrogen-bond acceptors (Lipinski definition) is 7. The molecule has 0 unspecified atom stereocenters. The highest BCUT2D eigenvalue weighted by Crippen LogP contribution is 2.27. The lowest BCUT2D eigenvalue weighted by atomic mass is 10.3. The van der Waals surface area contributed by atoms with Crippen LogP contribution in [-0.2, 0) is 18.1 Å². The number of benzene rings is 1. The van der Waals surface area contributed by atoms with E-state index >= 15 is 0 Å². The number of nitro benzene ring substituents is 1. The number of rotatable bonds is 9. The molecule has 0 aliphatic carbocycles. The lowest BCUT2D eigenvalue weighted by Crippen LogP contribution is -2.18. The average molecular weight is 440 g/mol. The Balaban J connectivity index is 1.53. The molecule has 0 atom stereocenters. The van der Waals surface area contributed by atoms with Gasteiger partial charge in [0.25, 0.3) is 5.91 Å². The Bertz CT molecular complexity index is 1060. The Labute approximate surface area is 172 Å². The van der Waals surface area contributed by atoms with Crippen LogP contribution in [0.3, 0.4) is 0 Å². The molecule has 1 amide bonds. The molecule has 10 nitrogen and oxygen atoms in total. The third-order valence-electron chi connectivity index (χ3n) is 3.70. The number of aromatic nitrogens is 2. The summed E-state index contributed by atoms with van der Waals surface area (Å²) in [4.78, 5) is 22.7. The van der Waals surface area contributed by atoms with E-state index in [0.29, 0.717) is 0 Å². The molecule has 0 bridgehead atoms. The first-order valence-corrected chi connectivity index (χ1v) is 8.64. The summed E-state index contributed by atoms with van der Waals surface area (Å²) in [7, 11) is 0. The van der Waals surface area contributed by atoms with Crippen molar-refractivity contribution in [2.24, 2.45) is 0 Å². The minimum atomic E-state index is -4.45. The number of ether oxygens (including phenoxy) is 2. The molecular formula is C18H15F3N4O6. The van der Waals surface area contributed by atoms with E-state index in [1.807, 2.05) is 0 Å². The van der Waals surface area contributed by atoms with Crippen LogP contribution in [0.4, 0.5) is 24.5 Å². The quantitative estimate of drug-likeness (QED) is 0.397. The number of nitrogens with one attached hydrogen (secondary N) is 1. The molecule has 1 aromatic carbocycles. The maximum absolute atomic E-state index is 12.2. The predicted molar refractivity (Wildman–Crippen MR) is 98.3 cm³/mol. The fourth-order valence-electron chi connectivity index (χ4n) is 2.40. The lowest BCUT2D eigenvalue weighted by molar-refractivity contribution is -0.386. The Morgan fingerprint density at radius 2 is 2.03 bits per heavy atom. The van der Waals surface area contributed by atoms with Gasteiger partial charge in [0.2, 0.25) is 0 Å². The zero-order chi connectivity index (χ0) is 22.4. The van der Waals surface area contributed by atoms with Crippen LogP contribution in [0.2, 0.25) is 0 Å². The van der Waals surface area contributed by atoms with Crippen molar-refractivity contribution in [2.45, 2.75) is 19.5 Å². The van der Waals surface area contributed by atoms with Crippen molar-refractivity contribution in [1.29, 1.82) is 0 Å². The fourth-order valence-corrected chi connectivity index (χ4v) is 2.40. The van der Waals surface area contributed by atoms with Gasteiger partial charge in [0, 0.05) is 6.07 Å². The number of carbonyl (C=O) groups is 1. The number of hydrogen-bond donors (Lipinski definition) is 1. The van der Waals surface area contributed by atoms with Crippen LogP contribution < -0.4 is 10.1 Å². The van der Waals surface area contributed by atoms with Gasteiger partial charge in [-0.05, 0) is 18.2 Å². The summed E-state index contributed by atoms with van der Waals surface area (Å²) in [6.45, 7) is -2.01. The van der Waals surface area contributed by atoms with Crippen LogP contribution in [-0.4, -0.2) is 33.4 Å². The van der Waals surface area contributed by atoms with Crippen molar-refractivity contribution in [3.8, 4) is 5.75 Å². The molecule has 3 rings (SSSR count). The van der Waals surface area contributed by atoms with Crippen LogP contribution in [0.25, 0.3) is 0 Å². The van der Waals surface area contributed by atoms with Gasteiger partial charge in [-0.3, -0.25) is 14.9 Å². The zero-order valence-corrected chi connectivity index (χ0v) is 15.7. The van der Waals surface area contributed by atoms with Crippen LogP contribution in [0.15, 0.2) is 53.2 Å². The number of alkyl halides is 3. The molecular weight excluding hydrogens is 425 g/mol. The fraction of sp³-hybridized carbons (Fsp3) is 0.222. The number of para-hydroxylation sites is 2. The maximum atomic E-state index is 12.2. The number of nitrogens with zero attached hydrogens (tertiary/aromatic N) is 3. The van der Waals surface area contributed by atoms with Crippen LogP contribution in [0.5, 0.6) is 5.75 Å². The number of carbonyl (C=O) groups excluding carboxylic acids is 1. The normalized spacial score (nSPS) is 11.3. The first-order chi connectivity index (χ1) is 14.7. The van der Waals surface area contributed by atoms with Gasteiger partial charge in [-0.15, -0.1) is 0 Å². The molecule has 0 saturated heterocycles. The van der Waals surface area contributed by atoms with Gasteiger partial charge >= 0.3 is 11.9 Å². The highest BCUT2D eigenvalue weighted by molar-refractivity contribution is 6.02. The molecule has 0 aliphatic rings. The van der Waals surface area contributed by atoms with Crippen LogP contribution in [0, 0.1) is 10.1 Å². The molecule has 0 spiro atoms. The summed E-state index contributed by atoms with van der Waals surface area (Å²) in [5.41, 5.74) is 0.0120. The SMILES string of the molecule is O=C(Nc1cnn(COCC(F)(F)F)c1)c1ccc(COc2ccccc2[N+](=O)[O-])o1. The van der Waals surface area contributed by atoms with Gasteiger partial charge in [-0.1, -0.05) is 12.1 Å². The Morgan fingerprint density at radius 3 is 2.77 bits per heavy atom. The Hall–Kier alpha value is -3.87. The van der Waals surface area contributed by atoms with Crippen LogP contribution in [0.1, 0.15) is 16.3 Å². The van der Waals surface area contributed by atoms with Crippen molar-refractivity contribution >= 4 is 17.3 Å². The second-order valence-corrected chi connectivity index (χ2v) is 6.09. The predicted octanol–water partition coefficient (Wildman–Crippen LogP) is 3.75. The van der Waals surface area contributed by atoms with E-state index in [4.69, 9.17) is 9.15 Å². The summed E-state index contributed by atoms with van der Waals surface area (Å²) in [5.74, 6) is -0.399. The van der Waals surface area contributed by atoms with E-state index in [2.05, 4.69) is 15.2 Å². The molecule has 0 fully saturated rings. The molecule has 0 radical (unpaired) electrons. The van der Waals surface area contributed by atoms with E-state index in [9.17, 15) is 28.1 Å². The van der Waals surface area contributed by atoms with E-state index < -0.39 is 30.3 Å². The zero-order valence-electron chi connectivity index (χ0n) is 15.7. The van der Waals surface area contributed by atoms with Gasteiger partial charge in [0.15, 0.2) is 11.5 Å². The number of nitro groups is 1. The third kappa shape index (κ3) is 6.30. The minimum Gasteiger partial charge on any atom is -0.479 e. The highest BCUT2D eigenvalue weighted by Gasteiger charge is 2.27. The maximum Gasteiger partial charge on any atom is 0.411 e. The Kier molecular flexibility index (Phi) is 6.55. The Morgan fingerprint density at radius 1 is 1.26 bits per heavy atom. The topological polar surface area (TPSA) is 122 Å². The van der Waals surface area contributed by atoms with E-state index in [1.165, 1.54) is 42.7 Å². The first-order valence-electron chi connectivity index (χ1n) is 8.64. The number of amides is 1. The molecule has 3 aromatic rings.